The molecule has 1 atom stereocenters. The Bertz CT molecular complexity index is 373. The topological polar surface area (TPSA) is 39.4 Å². The van der Waals surface area contributed by atoms with Crippen molar-refractivity contribution in [2.45, 2.75) is 18.9 Å². The van der Waals surface area contributed by atoms with E-state index in [4.69, 9.17) is 4.74 Å². The van der Waals surface area contributed by atoms with Crippen molar-refractivity contribution < 1.29 is 9.47 Å². The quantitative estimate of drug-likeness (QED) is 0.481. The molecule has 0 saturated carbocycles. The fourth-order valence-electron chi connectivity index (χ4n) is 1.93. The lowest BCUT2D eigenvalue weighted by Crippen LogP contribution is -2.32. The minimum atomic E-state index is 0.440. The number of pyridine rings is 1. The van der Waals surface area contributed by atoms with Gasteiger partial charge in [-0.15, -0.1) is 0 Å². The summed E-state index contributed by atoms with van der Waals surface area (Å²) >= 11 is 3.22. The van der Waals surface area contributed by atoms with Crippen LogP contribution in [0.25, 0.3) is 0 Å². The molecule has 1 aliphatic rings. The van der Waals surface area contributed by atoms with Gasteiger partial charge in [-0.05, 0) is 32.5 Å². The molecule has 88 valence electrons. The minimum absolute atomic E-state index is 0.440. The van der Waals surface area contributed by atoms with Crippen LogP contribution in [0.4, 0.5) is 0 Å². The lowest BCUT2D eigenvalue weighted by atomic mass is 10.2. The van der Waals surface area contributed by atoms with Gasteiger partial charge < -0.3 is 14.8 Å². The summed E-state index contributed by atoms with van der Waals surface area (Å²) < 4.78 is 6.86. The van der Waals surface area contributed by atoms with Crippen LogP contribution >= 0.6 is 15.9 Å². The minimum Gasteiger partial charge on any atom is -0.618 e. The number of ether oxygens (including phenoxy) is 1. The van der Waals surface area contributed by atoms with E-state index in [0.29, 0.717) is 23.0 Å². The van der Waals surface area contributed by atoms with Crippen LogP contribution in [0.2, 0.25) is 0 Å². The maximum absolute atomic E-state index is 11.3. The molecule has 16 heavy (non-hydrogen) atoms. The van der Waals surface area contributed by atoms with E-state index in [1.54, 1.807) is 12.1 Å². The third-order valence-corrected chi connectivity index (χ3v) is 3.71. The highest BCUT2D eigenvalue weighted by atomic mass is 79.9. The lowest BCUT2D eigenvalue weighted by Gasteiger charge is -2.19. The zero-order chi connectivity index (χ0) is 11.5. The second-order valence-electron chi connectivity index (χ2n) is 4.08. The molecule has 0 bridgehead atoms. The molecule has 1 aromatic heterocycles. The van der Waals surface area contributed by atoms with Crippen LogP contribution in [0.15, 0.2) is 22.9 Å². The van der Waals surface area contributed by atoms with Crippen molar-refractivity contribution >= 4 is 15.9 Å². The first-order chi connectivity index (χ1) is 7.68. The highest BCUT2D eigenvalue weighted by Crippen LogP contribution is 2.22. The van der Waals surface area contributed by atoms with Crippen molar-refractivity contribution in [1.29, 1.82) is 0 Å². The summed E-state index contributed by atoms with van der Waals surface area (Å²) in [6, 6.07) is 3.95. The molecular formula is C11H15BrN2O2. The van der Waals surface area contributed by atoms with Gasteiger partial charge in [0.15, 0.2) is 11.9 Å². The monoisotopic (exact) mass is 286 g/mol. The SMILES string of the molecule is CN1CCC[C@H]1COc1ccc[n+]([O-])c1Br. The van der Waals surface area contributed by atoms with Crippen molar-refractivity contribution in [3.8, 4) is 5.75 Å². The Morgan fingerprint density at radius 3 is 3.19 bits per heavy atom. The predicted molar refractivity (Wildman–Crippen MR) is 64.2 cm³/mol. The molecule has 4 nitrogen and oxygen atoms in total. The largest absolute Gasteiger partial charge is 0.618 e. The molecule has 1 aliphatic heterocycles. The summed E-state index contributed by atoms with van der Waals surface area (Å²) in [5.41, 5.74) is 0. The molecule has 0 spiro atoms. The molecule has 1 fully saturated rings. The van der Waals surface area contributed by atoms with E-state index < -0.39 is 0 Å². The lowest BCUT2D eigenvalue weighted by molar-refractivity contribution is -0.617. The Labute approximate surface area is 104 Å². The Morgan fingerprint density at radius 1 is 1.69 bits per heavy atom. The van der Waals surface area contributed by atoms with Gasteiger partial charge in [-0.1, -0.05) is 0 Å². The average Bonchev–Trinajstić information content (AvgIpc) is 2.67. The van der Waals surface area contributed by atoms with Crippen LogP contribution in [0.3, 0.4) is 0 Å². The maximum Gasteiger partial charge on any atom is 0.301 e. The highest BCUT2D eigenvalue weighted by molar-refractivity contribution is 9.10. The molecule has 2 rings (SSSR count). The van der Waals surface area contributed by atoms with Crippen molar-refractivity contribution in [1.82, 2.24) is 4.90 Å². The summed E-state index contributed by atoms with van der Waals surface area (Å²) in [6.45, 7) is 1.77. The third kappa shape index (κ3) is 2.47. The molecule has 1 saturated heterocycles. The van der Waals surface area contributed by atoms with E-state index in [-0.39, 0.29) is 0 Å². The van der Waals surface area contributed by atoms with Gasteiger partial charge in [0.25, 0.3) is 0 Å². The predicted octanol–water partition coefficient (Wildman–Crippen LogP) is 1.56. The van der Waals surface area contributed by atoms with Crippen LogP contribution in [0, 0.1) is 5.21 Å². The molecule has 0 N–H and O–H groups in total. The number of likely N-dealkylation sites (tertiary alicyclic amines) is 1. The number of hydrogen-bond donors (Lipinski definition) is 0. The van der Waals surface area contributed by atoms with Crippen molar-refractivity contribution in [3.63, 3.8) is 0 Å². The van der Waals surface area contributed by atoms with Gasteiger partial charge >= 0.3 is 4.60 Å². The van der Waals surface area contributed by atoms with Crippen molar-refractivity contribution in [2.75, 3.05) is 20.2 Å². The van der Waals surface area contributed by atoms with Crippen molar-refractivity contribution in [2.24, 2.45) is 0 Å². The fraction of sp³-hybridized carbons (Fsp3) is 0.545. The van der Waals surface area contributed by atoms with E-state index >= 15 is 0 Å². The van der Waals surface area contributed by atoms with Gasteiger partial charge in [0.2, 0.25) is 0 Å². The Balaban J connectivity index is 1.96. The van der Waals surface area contributed by atoms with E-state index in [1.807, 2.05) is 0 Å². The summed E-state index contributed by atoms with van der Waals surface area (Å²) in [4.78, 5) is 2.29. The van der Waals surface area contributed by atoms with Gasteiger partial charge in [-0.3, -0.25) is 0 Å². The number of rotatable bonds is 3. The highest BCUT2D eigenvalue weighted by Gasteiger charge is 2.22. The molecular weight excluding hydrogens is 272 g/mol. The van der Waals surface area contributed by atoms with Crippen LogP contribution in [-0.4, -0.2) is 31.1 Å². The number of nitrogens with zero attached hydrogens (tertiary/aromatic N) is 2. The molecule has 5 heteroatoms. The first-order valence-electron chi connectivity index (χ1n) is 5.39. The average molecular weight is 287 g/mol. The van der Waals surface area contributed by atoms with Crippen molar-refractivity contribution in [3.05, 3.63) is 28.1 Å². The van der Waals surface area contributed by atoms with Gasteiger partial charge in [0, 0.05) is 28.0 Å². The summed E-state index contributed by atoms with van der Waals surface area (Å²) in [5, 5.41) is 11.3. The number of aromatic nitrogens is 1. The van der Waals surface area contributed by atoms with Gasteiger partial charge in [-0.2, -0.15) is 4.73 Å². The second-order valence-corrected chi connectivity index (χ2v) is 4.83. The summed E-state index contributed by atoms with van der Waals surface area (Å²) in [5.74, 6) is 0.609. The molecule has 1 aromatic rings. The van der Waals surface area contributed by atoms with Crippen LogP contribution in [-0.2, 0) is 0 Å². The fourth-order valence-corrected chi connectivity index (χ4v) is 2.30. The Morgan fingerprint density at radius 2 is 2.50 bits per heavy atom. The third-order valence-electron chi connectivity index (χ3n) is 2.97. The standard InChI is InChI=1S/C11H15BrN2O2/c1-13-6-2-4-9(13)8-16-10-5-3-7-14(15)11(10)12/h3,5,7,9H,2,4,6,8H2,1H3/t9-/m0/s1. The van der Waals surface area contributed by atoms with E-state index in [9.17, 15) is 5.21 Å². The number of likely N-dealkylation sites (N-methyl/N-ethyl adjacent to an activating group) is 1. The number of hydrogen-bond acceptors (Lipinski definition) is 3. The first kappa shape index (κ1) is 11.7. The molecule has 0 amide bonds. The van der Waals surface area contributed by atoms with Crippen LogP contribution in [0.5, 0.6) is 5.75 Å². The van der Waals surface area contributed by atoms with Crippen LogP contribution in [0.1, 0.15) is 12.8 Å². The Hall–Kier alpha value is -0.810. The Kier molecular flexibility index (Phi) is 3.66. The second kappa shape index (κ2) is 5.01. The molecule has 0 radical (unpaired) electrons. The van der Waals surface area contributed by atoms with Gasteiger partial charge in [0.05, 0.1) is 0 Å². The van der Waals surface area contributed by atoms with E-state index in [1.165, 1.54) is 19.0 Å². The number of halogens is 1. The zero-order valence-electron chi connectivity index (χ0n) is 9.23. The van der Waals surface area contributed by atoms with E-state index in [2.05, 4.69) is 27.9 Å². The summed E-state index contributed by atoms with van der Waals surface area (Å²) in [7, 11) is 2.11. The normalized spacial score (nSPS) is 21.2. The van der Waals surface area contributed by atoms with E-state index in [0.717, 1.165) is 11.3 Å². The summed E-state index contributed by atoms with van der Waals surface area (Å²) in [6.07, 6.45) is 3.83. The zero-order valence-corrected chi connectivity index (χ0v) is 10.8. The van der Waals surface area contributed by atoms with Crippen LogP contribution < -0.4 is 9.47 Å². The molecule has 0 aromatic carbocycles. The van der Waals surface area contributed by atoms with Gasteiger partial charge in [0.1, 0.15) is 6.61 Å². The molecule has 0 aliphatic carbocycles. The molecule has 2 heterocycles. The first-order valence-corrected chi connectivity index (χ1v) is 6.18. The smallest absolute Gasteiger partial charge is 0.301 e. The molecule has 0 unspecified atom stereocenters. The maximum atomic E-state index is 11.3. The van der Waals surface area contributed by atoms with Gasteiger partial charge in [-0.25, -0.2) is 0 Å².